The van der Waals surface area contributed by atoms with Crippen molar-refractivity contribution in [3.63, 3.8) is 0 Å². The van der Waals surface area contributed by atoms with Crippen molar-refractivity contribution in [1.82, 2.24) is 0 Å². The predicted octanol–water partition coefficient (Wildman–Crippen LogP) is 1.93. The molecule has 0 saturated heterocycles. The average Bonchev–Trinajstić information content (AvgIpc) is 1.90. The molecular formula is C6H12NO2P. The third-order valence-corrected chi connectivity index (χ3v) is 3.59. The first-order valence-corrected chi connectivity index (χ1v) is 5.05. The molecule has 0 radical (unpaired) electrons. The fourth-order valence-corrected chi connectivity index (χ4v) is 2.02. The van der Waals surface area contributed by atoms with Gasteiger partial charge in [-0.25, -0.2) is 0 Å². The van der Waals surface area contributed by atoms with Crippen molar-refractivity contribution in [3.05, 3.63) is 0 Å². The molecule has 0 aromatic carbocycles. The van der Waals surface area contributed by atoms with Gasteiger partial charge in [0.15, 0.2) is 5.81 Å². The SMILES string of the molecule is CCC(CC)P(=O)(O)C#N. The molecule has 3 nitrogen and oxygen atoms in total. The molecule has 1 N–H and O–H groups in total. The monoisotopic (exact) mass is 161 g/mol. The Labute approximate surface area is 61.1 Å². The summed E-state index contributed by atoms with van der Waals surface area (Å²) in [5, 5.41) is 8.26. The topological polar surface area (TPSA) is 61.1 Å². The highest BCUT2D eigenvalue weighted by Gasteiger charge is 2.27. The van der Waals surface area contributed by atoms with E-state index in [4.69, 9.17) is 10.2 Å². The summed E-state index contributed by atoms with van der Waals surface area (Å²) in [5.41, 5.74) is -0.336. The Kier molecular flexibility index (Phi) is 3.63. The third-order valence-electron chi connectivity index (χ3n) is 1.58. The van der Waals surface area contributed by atoms with E-state index in [0.717, 1.165) is 0 Å². The molecule has 0 aliphatic carbocycles. The lowest BCUT2D eigenvalue weighted by Crippen LogP contribution is -2.03. The van der Waals surface area contributed by atoms with Crippen molar-refractivity contribution < 1.29 is 9.46 Å². The first kappa shape index (κ1) is 9.68. The number of nitriles is 1. The molecule has 0 heterocycles. The van der Waals surface area contributed by atoms with Crippen LogP contribution in [0.5, 0.6) is 0 Å². The van der Waals surface area contributed by atoms with Gasteiger partial charge in [0, 0.05) is 5.66 Å². The molecule has 0 rings (SSSR count). The van der Waals surface area contributed by atoms with Crippen LogP contribution in [0.4, 0.5) is 0 Å². The quantitative estimate of drug-likeness (QED) is 0.643. The van der Waals surface area contributed by atoms with Gasteiger partial charge in [-0.3, -0.25) is 4.57 Å². The fourth-order valence-electron chi connectivity index (χ4n) is 0.865. The minimum atomic E-state index is -3.48. The van der Waals surface area contributed by atoms with Gasteiger partial charge in [0.05, 0.1) is 0 Å². The van der Waals surface area contributed by atoms with E-state index in [2.05, 4.69) is 0 Å². The molecule has 0 aromatic heterocycles. The van der Waals surface area contributed by atoms with E-state index >= 15 is 0 Å². The third kappa shape index (κ3) is 2.13. The van der Waals surface area contributed by atoms with Gasteiger partial charge in [0.25, 0.3) is 7.37 Å². The zero-order chi connectivity index (χ0) is 8.20. The number of hydrogen-bond donors (Lipinski definition) is 1. The van der Waals surface area contributed by atoms with Crippen LogP contribution in [-0.2, 0) is 4.57 Å². The molecule has 4 heteroatoms. The van der Waals surface area contributed by atoms with Gasteiger partial charge in [-0.1, -0.05) is 13.8 Å². The summed E-state index contributed by atoms with van der Waals surface area (Å²) in [6, 6.07) is 0. The number of hydrogen-bond acceptors (Lipinski definition) is 2. The molecule has 0 saturated carbocycles. The van der Waals surface area contributed by atoms with Gasteiger partial charge >= 0.3 is 0 Å². The molecule has 1 atom stereocenters. The molecule has 0 aromatic rings. The molecule has 1 unspecified atom stereocenters. The van der Waals surface area contributed by atoms with Gasteiger partial charge in [-0.15, -0.1) is 0 Å². The van der Waals surface area contributed by atoms with Crippen LogP contribution < -0.4 is 0 Å². The normalized spacial score (nSPS) is 16.3. The molecule has 0 aliphatic rings. The molecule has 0 aliphatic heterocycles. The van der Waals surface area contributed by atoms with Crippen LogP contribution >= 0.6 is 7.37 Å². The minimum absolute atomic E-state index is 0.336. The van der Waals surface area contributed by atoms with E-state index in [1.165, 1.54) is 5.81 Å². The highest BCUT2D eigenvalue weighted by atomic mass is 31.2. The molecular weight excluding hydrogens is 149 g/mol. The molecule has 0 amide bonds. The summed E-state index contributed by atoms with van der Waals surface area (Å²) in [7, 11) is -3.48. The van der Waals surface area contributed by atoms with Gasteiger partial charge in [-0.05, 0) is 12.8 Å². The van der Waals surface area contributed by atoms with Crippen LogP contribution in [0.2, 0.25) is 0 Å². The standard InChI is InChI=1S/C6H12NO2P/c1-3-6(4-2)10(8,9)5-7/h6H,3-4H2,1-2H3,(H,8,9). The van der Waals surface area contributed by atoms with Crippen molar-refractivity contribution in [3.8, 4) is 5.81 Å². The maximum Gasteiger partial charge on any atom is 0.299 e. The molecule has 0 spiro atoms. The van der Waals surface area contributed by atoms with Crippen LogP contribution in [0.3, 0.4) is 0 Å². The van der Waals surface area contributed by atoms with E-state index in [1.54, 1.807) is 0 Å². The second-order valence-corrected chi connectivity index (χ2v) is 4.37. The average molecular weight is 161 g/mol. The van der Waals surface area contributed by atoms with Crippen molar-refractivity contribution in [2.45, 2.75) is 32.3 Å². The Bertz CT molecular complexity index is 181. The summed E-state index contributed by atoms with van der Waals surface area (Å²) in [6.07, 6.45) is 1.19. The summed E-state index contributed by atoms with van der Waals surface area (Å²) in [6.45, 7) is 3.63. The summed E-state index contributed by atoms with van der Waals surface area (Å²) < 4.78 is 10.9. The van der Waals surface area contributed by atoms with E-state index in [-0.39, 0.29) is 5.66 Å². The number of rotatable bonds is 3. The minimum Gasteiger partial charge on any atom is -0.334 e. The van der Waals surface area contributed by atoms with E-state index in [1.807, 2.05) is 13.8 Å². The summed E-state index contributed by atoms with van der Waals surface area (Å²) >= 11 is 0. The van der Waals surface area contributed by atoms with Gasteiger partial charge in [0.1, 0.15) is 0 Å². The van der Waals surface area contributed by atoms with E-state index < -0.39 is 7.37 Å². The second kappa shape index (κ2) is 3.75. The Balaban J connectivity index is 4.31. The van der Waals surface area contributed by atoms with Gasteiger partial charge in [-0.2, -0.15) is 5.26 Å². The Morgan fingerprint density at radius 3 is 2.10 bits per heavy atom. The molecule has 10 heavy (non-hydrogen) atoms. The van der Waals surface area contributed by atoms with Gasteiger partial charge < -0.3 is 4.89 Å². The maximum absolute atomic E-state index is 10.9. The summed E-state index contributed by atoms with van der Waals surface area (Å²) in [5.74, 6) is 1.45. The van der Waals surface area contributed by atoms with Crippen molar-refractivity contribution in [1.29, 1.82) is 5.26 Å². The zero-order valence-electron chi connectivity index (χ0n) is 6.24. The van der Waals surface area contributed by atoms with E-state index in [9.17, 15) is 4.57 Å². The lowest BCUT2D eigenvalue weighted by atomic mass is 10.3. The maximum atomic E-state index is 10.9. The first-order valence-electron chi connectivity index (χ1n) is 3.32. The highest BCUT2D eigenvalue weighted by molar-refractivity contribution is 7.63. The first-order chi connectivity index (χ1) is 4.58. The van der Waals surface area contributed by atoms with Crippen molar-refractivity contribution >= 4 is 7.37 Å². The van der Waals surface area contributed by atoms with E-state index in [0.29, 0.717) is 12.8 Å². The van der Waals surface area contributed by atoms with Crippen LogP contribution in [-0.4, -0.2) is 10.6 Å². The fraction of sp³-hybridized carbons (Fsp3) is 0.833. The zero-order valence-corrected chi connectivity index (χ0v) is 7.14. The van der Waals surface area contributed by atoms with Crippen LogP contribution in [0, 0.1) is 11.1 Å². The molecule has 58 valence electrons. The second-order valence-electron chi connectivity index (χ2n) is 2.19. The lowest BCUT2D eigenvalue weighted by molar-refractivity contribution is 0.469. The molecule has 0 fully saturated rings. The largest absolute Gasteiger partial charge is 0.334 e. The highest BCUT2D eigenvalue weighted by Crippen LogP contribution is 2.47. The Morgan fingerprint density at radius 1 is 1.60 bits per heavy atom. The molecule has 0 bridgehead atoms. The Morgan fingerprint density at radius 2 is 2.00 bits per heavy atom. The summed E-state index contributed by atoms with van der Waals surface area (Å²) in [4.78, 5) is 8.98. The van der Waals surface area contributed by atoms with Crippen LogP contribution in [0.1, 0.15) is 26.7 Å². The van der Waals surface area contributed by atoms with Crippen LogP contribution in [0.25, 0.3) is 0 Å². The van der Waals surface area contributed by atoms with Crippen LogP contribution in [0.15, 0.2) is 0 Å². The number of nitrogens with zero attached hydrogens (tertiary/aromatic N) is 1. The predicted molar refractivity (Wildman–Crippen MR) is 39.8 cm³/mol. The van der Waals surface area contributed by atoms with Crippen molar-refractivity contribution in [2.75, 3.05) is 0 Å². The van der Waals surface area contributed by atoms with Crippen molar-refractivity contribution in [2.24, 2.45) is 0 Å². The lowest BCUT2D eigenvalue weighted by Gasteiger charge is -2.11. The Hall–Kier alpha value is -0.320. The van der Waals surface area contributed by atoms with Gasteiger partial charge in [0.2, 0.25) is 0 Å². The smallest absolute Gasteiger partial charge is 0.299 e.